The number of rotatable bonds is 6. The Bertz CT molecular complexity index is 669. The Balaban J connectivity index is 1.56. The van der Waals surface area contributed by atoms with Gasteiger partial charge in [-0.3, -0.25) is 14.7 Å². The normalized spacial score (nSPS) is 18.4. The van der Waals surface area contributed by atoms with Gasteiger partial charge in [0.05, 0.1) is 0 Å². The molecule has 1 aliphatic heterocycles. The first-order valence-electron chi connectivity index (χ1n) is 8.06. The van der Waals surface area contributed by atoms with Crippen LogP contribution in [-0.4, -0.2) is 49.1 Å². The summed E-state index contributed by atoms with van der Waals surface area (Å²) in [6.45, 7) is 3.92. The molecule has 2 aromatic rings. The maximum Gasteiger partial charge on any atom is 0.245 e. The molecule has 1 aliphatic rings. The number of carbonyl (C=O) groups is 1. The highest BCUT2D eigenvalue weighted by atomic mass is 16.5. The zero-order valence-electron chi connectivity index (χ0n) is 13.5. The Hall–Kier alpha value is -1.98. The number of aromatic nitrogens is 1. The van der Waals surface area contributed by atoms with E-state index in [-0.39, 0.29) is 12.5 Å². The van der Waals surface area contributed by atoms with Gasteiger partial charge in [-0.25, -0.2) is 0 Å². The maximum absolute atomic E-state index is 11.5. The Morgan fingerprint density at radius 2 is 2.35 bits per heavy atom. The van der Waals surface area contributed by atoms with Gasteiger partial charge < -0.3 is 10.1 Å². The lowest BCUT2D eigenvalue weighted by atomic mass is 10.1. The predicted octanol–water partition coefficient (Wildman–Crippen LogP) is 1.82. The van der Waals surface area contributed by atoms with E-state index >= 15 is 0 Å². The summed E-state index contributed by atoms with van der Waals surface area (Å²) in [5, 5.41) is 5.41. The van der Waals surface area contributed by atoms with Crippen LogP contribution in [0.15, 0.2) is 36.7 Å². The van der Waals surface area contributed by atoms with Gasteiger partial charge in [0.15, 0.2) is 0 Å². The van der Waals surface area contributed by atoms with Crippen molar-refractivity contribution in [2.24, 2.45) is 5.92 Å². The average Bonchev–Trinajstić information content (AvgIpc) is 3.01. The number of ether oxygens (including phenoxy) is 1. The summed E-state index contributed by atoms with van der Waals surface area (Å²) in [6, 6.07) is 8.47. The van der Waals surface area contributed by atoms with Gasteiger partial charge in [0.25, 0.3) is 0 Å². The monoisotopic (exact) mass is 313 g/mol. The van der Waals surface area contributed by atoms with Gasteiger partial charge in [0.2, 0.25) is 5.91 Å². The van der Waals surface area contributed by atoms with Crippen molar-refractivity contribution in [2.45, 2.75) is 13.0 Å². The molecule has 1 N–H and O–H groups in total. The van der Waals surface area contributed by atoms with Gasteiger partial charge in [0, 0.05) is 44.5 Å². The fourth-order valence-corrected chi connectivity index (χ4v) is 3.23. The number of likely N-dealkylation sites (tertiary alicyclic amines) is 1. The third kappa shape index (κ3) is 4.06. The fraction of sp³-hybridized carbons (Fsp3) is 0.444. The van der Waals surface area contributed by atoms with E-state index in [1.165, 1.54) is 23.4 Å². The molecular formula is C18H23N3O2. The smallest absolute Gasteiger partial charge is 0.245 e. The van der Waals surface area contributed by atoms with E-state index in [9.17, 15) is 4.79 Å². The highest BCUT2D eigenvalue weighted by Gasteiger charge is 2.23. The summed E-state index contributed by atoms with van der Waals surface area (Å²) in [5.41, 5.74) is 1.34. The number of hydrogen-bond acceptors (Lipinski definition) is 4. The molecule has 1 saturated heterocycles. The molecule has 5 nitrogen and oxygen atoms in total. The molecule has 3 rings (SSSR count). The molecule has 122 valence electrons. The lowest BCUT2D eigenvalue weighted by Crippen LogP contribution is -2.33. The summed E-state index contributed by atoms with van der Waals surface area (Å²) in [5.74, 6) is 0.486. The average molecular weight is 313 g/mol. The topological polar surface area (TPSA) is 54.5 Å². The molecule has 1 atom stereocenters. The second-order valence-electron chi connectivity index (χ2n) is 6.14. The summed E-state index contributed by atoms with van der Waals surface area (Å²) >= 11 is 0. The van der Waals surface area contributed by atoms with E-state index in [0.717, 1.165) is 32.6 Å². The molecule has 0 aliphatic carbocycles. The van der Waals surface area contributed by atoms with Crippen molar-refractivity contribution >= 4 is 16.7 Å². The van der Waals surface area contributed by atoms with E-state index in [2.05, 4.69) is 39.5 Å². The van der Waals surface area contributed by atoms with Gasteiger partial charge in [-0.15, -0.1) is 0 Å². The highest BCUT2D eigenvalue weighted by Crippen LogP contribution is 2.22. The quantitative estimate of drug-likeness (QED) is 0.884. The molecule has 5 heteroatoms. The molecule has 1 fully saturated rings. The molecule has 0 unspecified atom stereocenters. The third-order valence-corrected chi connectivity index (χ3v) is 4.40. The molecule has 1 aromatic heterocycles. The number of nitrogens with one attached hydrogen (secondary N) is 1. The van der Waals surface area contributed by atoms with Gasteiger partial charge in [-0.2, -0.15) is 0 Å². The molecule has 1 aromatic carbocycles. The van der Waals surface area contributed by atoms with Crippen molar-refractivity contribution in [2.75, 3.05) is 33.4 Å². The van der Waals surface area contributed by atoms with E-state index < -0.39 is 0 Å². The second-order valence-corrected chi connectivity index (χ2v) is 6.14. The zero-order chi connectivity index (χ0) is 16.1. The van der Waals surface area contributed by atoms with Crippen LogP contribution in [0.25, 0.3) is 10.8 Å². The molecule has 0 bridgehead atoms. The van der Waals surface area contributed by atoms with Crippen molar-refractivity contribution in [1.82, 2.24) is 15.2 Å². The van der Waals surface area contributed by atoms with Crippen molar-refractivity contribution < 1.29 is 9.53 Å². The number of pyridine rings is 1. The first-order valence-corrected chi connectivity index (χ1v) is 8.06. The minimum atomic E-state index is -0.0347. The van der Waals surface area contributed by atoms with Crippen LogP contribution >= 0.6 is 0 Å². The lowest BCUT2D eigenvalue weighted by Gasteiger charge is -2.17. The predicted molar refractivity (Wildman–Crippen MR) is 90.0 cm³/mol. The number of benzene rings is 1. The number of methoxy groups -OCH3 is 1. The van der Waals surface area contributed by atoms with Crippen LogP contribution in [0.4, 0.5) is 0 Å². The maximum atomic E-state index is 11.5. The number of hydrogen-bond donors (Lipinski definition) is 1. The molecule has 2 heterocycles. The Morgan fingerprint density at radius 1 is 1.43 bits per heavy atom. The summed E-state index contributed by atoms with van der Waals surface area (Å²) < 4.78 is 4.83. The Morgan fingerprint density at radius 3 is 3.22 bits per heavy atom. The van der Waals surface area contributed by atoms with Crippen LogP contribution in [0.3, 0.4) is 0 Å². The number of amides is 1. The van der Waals surface area contributed by atoms with Crippen LogP contribution in [0.1, 0.15) is 12.0 Å². The number of carbonyl (C=O) groups excluding carboxylic acids is 1. The van der Waals surface area contributed by atoms with Gasteiger partial charge >= 0.3 is 0 Å². The minimum absolute atomic E-state index is 0.0347. The summed E-state index contributed by atoms with van der Waals surface area (Å²) in [4.78, 5) is 18.1. The number of nitrogens with zero attached hydrogens (tertiary/aromatic N) is 2. The van der Waals surface area contributed by atoms with E-state index in [1.807, 2.05) is 12.4 Å². The molecular weight excluding hydrogens is 290 g/mol. The zero-order valence-corrected chi connectivity index (χ0v) is 13.5. The molecule has 0 radical (unpaired) electrons. The second kappa shape index (κ2) is 7.53. The lowest BCUT2D eigenvalue weighted by molar-refractivity contribution is -0.124. The fourth-order valence-electron chi connectivity index (χ4n) is 3.23. The van der Waals surface area contributed by atoms with Crippen LogP contribution in [0.2, 0.25) is 0 Å². The van der Waals surface area contributed by atoms with Gasteiger partial charge in [-0.1, -0.05) is 18.2 Å². The first-order chi connectivity index (χ1) is 11.3. The number of fused-ring (bicyclic) bond motifs is 1. The molecule has 0 spiro atoms. The minimum Gasteiger partial charge on any atom is -0.375 e. The standard InChI is InChI=1S/C18H23N3O2/c1-23-13-18(22)20-9-14-6-8-21(11-14)12-16-4-2-3-15-10-19-7-5-17(15)16/h2-5,7,10,14H,6,8-9,11-13H2,1H3,(H,20,22)/t14-/m0/s1. The highest BCUT2D eigenvalue weighted by molar-refractivity contribution is 5.84. The van der Waals surface area contributed by atoms with Crippen LogP contribution in [0, 0.1) is 5.92 Å². The third-order valence-electron chi connectivity index (χ3n) is 4.40. The van der Waals surface area contributed by atoms with Crippen molar-refractivity contribution in [1.29, 1.82) is 0 Å². The van der Waals surface area contributed by atoms with Crippen LogP contribution < -0.4 is 5.32 Å². The van der Waals surface area contributed by atoms with E-state index in [4.69, 9.17) is 4.74 Å². The van der Waals surface area contributed by atoms with Gasteiger partial charge in [-0.05, 0) is 35.9 Å². The Labute approximate surface area is 136 Å². The van der Waals surface area contributed by atoms with Crippen LogP contribution in [-0.2, 0) is 16.1 Å². The molecule has 0 saturated carbocycles. The van der Waals surface area contributed by atoms with Crippen LogP contribution in [0.5, 0.6) is 0 Å². The Kier molecular flexibility index (Phi) is 5.20. The summed E-state index contributed by atoms with van der Waals surface area (Å²) in [6.07, 6.45) is 4.89. The van der Waals surface area contributed by atoms with Gasteiger partial charge in [0.1, 0.15) is 6.61 Å². The van der Waals surface area contributed by atoms with E-state index in [1.54, 1.807) is 0 Å². The molecule has 1 amide bonds. The summed E-state index contributed by atoms with van der Waals surface area (Å²) in [7, 11) is 1.54. The first kappa shape index (κ1) is 15.9. The van der Waals surface area contributed by atoms with E-state index in [0.29, 0.717) is 5.92 Å². The van der Waals surface area contributed by atoms with Crippen molar-refractivity contribution in [3.05, 3.63) is 42.2 Å². The largest absolute Gasteiger partial charge is 0.375 e. The van der Waals surface area contributed by atoms with Crippen molar-refractivity contribution in [3.8, 4) is 0 Å². The van der Waals surface area contributed by atoms with Crippen molar-refractivity contribution in [3.63, 3.8) is 0 Å². The molecule has 23 heavy (non-hydrogen) atoms. The SMILES string of the molecule is COCC(=O)NC[C@@H]1CCN(Cc2cccc3cnccc23)C1.